The molecular weight excluding hydrogens is 342 g/mol. The fraction of sp³-hybridized carbons (Fsp3) is 0.133. The van der Waals surface area contributed by atoms with Gasteiger partial charge in [0, 0.05) is 15.6 Å². The van der Waals surface area contributed by atoms with Crippen LogP contribution in [0.3, 0.4) is 0 Å². The first-order valence-electron chi connectivity index (χ1n) is 6.28. The molecule has 1 unspecified atom stereocenters. The summed E-state index contributed by atoms with van der Waals surface area (Å²) in [7, 11) is 0. The summed E-state index contributed by atoms with van der Waals surface area (Å²) in [5.41, 5.74) is 7.29. The number of nitrogens with zero attached hydrogens (tertiary/aromatic N) is 1. The molecule has 2 aromatic rings. The molecule has 0 spiro atoms. The summed E-state index contributed by atoms with van der Waals surface area (Å²) < 4.78 is 27.8. The van der Waals surface area contributed by atoms with Crippen LogP contribution in [0.25, 0.3) is 0 Å². The Morgan fingerprint density at radius 1 is 1.24 bits per heavy atom. The molecule has 1 aliphatic heterocycles. The van der Waals surface area contributed by atoms with Crippen molar-refractivity contribution in [2.75, 3.05) is 4.90 Å². The number of amides is 1. The van der Waals surface area contributed by atoms with E-state index in [1.54, 1.807) is 18.2 Å². The smallest absolute Gasteiger partial charge is 0.248 e. The lowest BCUT2D eigenvalue weighted by Crippen LogP contribution is -2.31. The van der Waals surface area contributed by atoms with E-state index in [4.69, 9.17) is 5.73 Å². The van der Waals surface area contributed by atoms with Gasteiger partial charge in [-0.15, -0.1) is 0 Å². The summed E-state index contributed by atoms with van der Waals surface area (Å²) in [5, 5.41) is 0. The standard InChI is InChI=1S/C15H11BrF2N2O/c16-9-4-5-10-12(6-9)20(15(21)14(10)19)7-8-2-1-3-11(17)13(8)18/h1-6,14H,7,19H2. The van der Waals surface area contributed by atoms with Crippen LogP contribution in [0, 0.1) is 11.6 Å². The summed E-state index contributed by atoms with van der Waals surface area (Å²) in [4.78, 5) is 13.6. The highest BCUT2D eigenvalue weighted by Gasteiger charge is 2.35. The molecule has 0 saturated carbocycles. The fourth-order valence-corrected chi connectivity index (χ4v) is 2.79. The van der Waals surface area contributed by atoms with Crippen LogP contribution < -0.4 is 10.6 Å². The molecule has 0 radical (unpaired) electrons. The fourth-order valence-electron chi connectivity index (χ4n) is 2.44. The van der Waals surface area contributed by atoms with Crippen LogP contribution in [0.5, 0.6) is 0 Å². The maximum Gasteiger partial charge on any atom is 0.248 e. The second-order valence-corrected chi connectivity index (χ2v) is 5.73. The van der Waals surface area contributed by atoms with Crippen molar-refractivity contribution < 1.29 is 13.6 Å². The Kier molecular flexibility index (Phi) is 3.51. The van der Waals surface area contributed by atoms with E-state index in [1.807, 2.05) is 0 Å². The Morgan fingerprint density at radius 2 is 2.00 bits per heavy atom. The lowest BCUT2D eigenvalue weighted by Gasteiger charge is -2.18. The van der Waals surface area contributed by atoms with E-state index in [-0.39, 0.29) is 18.0 Å². The topological polar surface area (TPSA) is 46.3 Å². The van der Waals surface area contributed by atoms with E-state index in [1.165, 1.54) is 17.0 Å². The number of nitrogens with two attached hydrogens (primary N) is 1. The largest absolute Gasteiger partial charge is 0.316 e. The zero-order valence-electron chi connectivity index (χ0n) is 10.8. The average Bonchev–Trinajstić information content (AvgIpc) is 2.68. The minimum absolute atomic E-state index is 0.0560. The Balaban J connectivity index is 2.02. The second-order valence-electron chi connectivity index (χ2n) is 4.82. The van der Waals surface area contributed by atoms with Crippen molar-refractivity contribution in [2.24, 2.45) is 5.73 Å². The summed E-state index contributed by atoms with van der Waals surface area (Å²) >= 11 is 3.33. The van der Waals surface area contributed by atoms with Gasteiger partial charge in [0.2, 0.25) is 5.91 Å². The molecule has 2 aromatic carbocycles. The Morgan fingerprint density at radius 3 is 2.76 bits per heavy atom. The molecule has 0 aromatic heterocycles. The van der Waals surface area contributed by atoms with Gasteiger partial charge in [-0.3, -0.25) is 4.79 Å². The number of carbonyl (C=O) groups is 1. The number of halogens is 3. The predicted molar refractivity (Wildman–Crippen MR) is 78.6 cm³/mol. The van der Waals surface area contributed by atoms with Gasteiger partial charge in [0.25, 0.3) is 0 Å². The van der Waals surface area contributed by atoms with E-state index < -0.39 is 17.7 Å². The number of rotatable bonds is 2. The van der Waals surface area contributed by atoms with Gasteiger partial charge >= 0.3 is 0 Å². The molecule has 1 aliphatic rings. The predicted octanol–water partition coefficient (Wildman–Crippen LogP) is 3.27. The molecule has 0 fully saturated rings. The van der Waals surface area contributed by atoms with Crippen molar-refractivity contribution in [3.8, 4) is 0 Å². The zero-order chi connectivity index (χ0) is 15.1. The molecule has 108 valence electrons. The number of benzene rings is 2. The van der Waals surface area contributed by atoms with Crippen molar-refractivity contribution >= 4 is 27.5 Å². The number of anilines is 1. The molecular formula is C15H11BrF2N2O. The van der Waals surface area contributed by atoms with Crippen LogP contribution in [0.15, 0.2) is 40.9 Å². The molecule has 21 heavy (non-hydrogen) atoms. The van der Waals surface area contributed by atoms with Crippen LogP contribution in [-0.2, 0) is 11.3 Å². The van der Waals surface area contributed by atoms with Gasteiger partial charge in [0.15, 0.2) is 11.6 Å². The molecule has 0 aliphatic carbocycles. The van der Waals surface area contributed by atoms with Crippen LogP contribution >= 0.6 is 15.9 Å². The first-order chi connectivity index (χ1) is 9.99. The van der Waals surface area contributed by atoms with Gasteiger partial charge in [-0.05, 0) is 18.2 Å². The normalized spacial score (nSPS) is 17.2. The highest BCUT2D eigenvalue weighted by Crippen LogP contribution is 2.37. The second kappa shape index (κ2) is 5.20. The van der Waals surface area contributed by atoms with Gasteiger partial charge in [-0.2, -0.15) is 0 Å². The Labute approximate surface area is 128 Å². The molecule has 1 atom stereocenters. The summed E-state index contributed by atoms with van der Waals surface area (Å²) in [6.45, 7) is -0.0560. The van der Waals surface area contributed by atoms with E-state index in [0.717, 1.165) is 10.5 Å². The van der Waals surface area contributed by atoms with Gasteiger partial charge in [0.1, 0.15) is 6.04 Å². The molecule has 0 saturated heterocycles. The maximum atomic E-state index is 13.8. The molecule has 1 heterocycles. The van der Waals surface area contributed by atoms with Gasteiger partial charge in [-0.25, -0.2) is 8.78 Å². The van der Waals surface area contributed by atoms with Crippen LogP contribution in [0.1, 0.15) is 17.2 Å². The van der Waals surface area contributed by atoms with Crippen molar-refractivity contribution in [3.63, 3.8) is 0 Å². The Hall–Kier alpha value is -1.79. The molecule has 3 rings (SSSR count). The third-order valence-corrected chi connectivity index (χ3v) is 4.00. The number of carbonyl (C=O) groups excluding carboxylic acids is 1. The summed E-state index contributed by atoms with van der Waals surface area (Å²) in [5.74, 6) is -2.20. The first-order valence-corrected chi connectivity index (χ1v) is 7.07. The quantitative estimate of drug-likeness (QED) is 0.901. The first kappa shape index (κ1) is 14.2. The van der Waals surface area contributed by atoms with Crippen molar-refractivity contribution in [2.45, 2.75) is 12.6 Å². The lowest BCUT2D eigenvalue weighted by molar-refractivity contribution is -0.119. The molecule has 2 N–H and O–H groups in total. The third kappa shape index (κ3) is 2.34. The molecule has 3 nitrogen and oxygen atoms in total. The Bertz CT molecular complexity index is 736. The van der Waals surface area contributed by atoms with Gasteiger partial charge < -0.3 is 10.6 Å². The number of hydrogen-bond acceptors (Lipinski definition) is 2. The van der Waals surface area contributed by atoms with Gasteiger partial charge in [0.05, 0.1) is 12.2 Å². The minimum atomic E-state index is -0.942. The zero-order valence-corrected chi connectivity index (χ0v) is 12.4. The molecule has 1 amide bonds. The van der Waals surface area contributed by atoms with E-state index >= 15 is 0 Å². The summed E-state index contributed by atoms with van der Waals surface area (Å²) in [6, 6.07) is 8.42. The van der Waals surface area contributed by atoms with Crippen LogP contribution in [0.2, 0.25) is 0 Å². The van der Waals surface area contributed by atoms with Crippen molar-refractivity contribution in [3.05, 3.63) is 63.6 Å². The molecule has 6 heteroatoms. The third-order valence-electron chi connectivity index (χ3n) is 3.51. The lowest BCUT2D eigenvalue weighted by atomic mass is 10.1. The minimum Gasteiger partial charge on any atom is -0.316 e. The number of hydrogen-bond donors (Lipinski definition) is 1. The molecule has 0 bridgehead atoms. The van der Waals surface area contributed by atoms with Crippen molar-refractivity contribution in [1.82, 2.24) is 0 Å². The maximum absolute atomic E-state index is 13.8. The van der Waals surface area contributed by atoms with E-state index in [9.17, 15) is 13.6 Å². The SMILES string of the molecule is NC1C(=O)N(Cc2cccc(F)c2F)c2cc(Br)ccc21. The van der Waals surface area contributed by atoms with Crippen LogP contribution in [0.4, 0.5) is 14.5 Å². The summed E-state index contributed by atoms with van der Waals surface area (Å²) in [6.07, 6.45) is 0. The monoisotopic (exact) mass is 352 g/mol. The van der Waals surface area contributed by atoms with Gasteiger partial charge in [-0.1, -0.05) is 34.1 Å². The highest BCUT2D eigenvalue weighted by atomic mass is 79.9. The van der Waals surface area contributed by atoms with Crippen LogP contribution in [-0.4, -0.2) is 5.91 Å². The van der Waals surface area contributed by atoms with Crippen molar-refractivity contribution in [1.29, 1.82) is 0 Å². The van der Waals surface area contributed by atoms with E-state index in [0.29, 0.717) is 11.3 Å². The highest BCUT2D eigenvalue weighted by molar-refractivity contribution is 9.10. The average molecular weight is 353 g/mol. The van der Waals surface area contributed by atoms with E-state index in [2.05, 4.69) is 15.9 Å². The number of fused-ring (bicyclic) bond motifs is 1.